The second-order valence-corrected chi connectivity index (χ2v) is 8.73. The standard InChI is InChI=1S/C25H31N3O3.ClH/c1-18(2)26-13-11-20-6-9-23(17-21(20)12-14-26)28-16-15-27(25(28)31)22-7-3-19(4-8-22)5-10-24(29)30;/h3-4,6-9,17-18H,5,10-16H2,1-2H3,(H,29,30);1H. The average Bonchev–Trinajstić information content (AvgIpc) is 3.00. The van der Waals surface area contributed by atoms with E-state index in [1.54, 1.807) is 4.90 Å². The Balaban J connectivity index is 0.00000289. The quantitative estimate of drug-likeness (QED) is 0.699. The first-order chi connectivity index (χ1) is 14.9. The van der Waals surface area contributed by atoms with Crippen LogP contribution in [0.3, 0.4) is 0 Å². The van der Waals surface area contributed by atoms with E-state index in [0.717, 1.165) is 42.9 Å². The van der Waals surface area contributed by atoms with Gasteiger partial charge in [0, 0.05) is 50.0 Å². The smallest absolute Gasteiger partial charge is 0.329 e. The number of urea groups is 1. The Kier molecular flexibility index (Phi) is 7.80. The number of carbonyl (C=O) groups is 2. The second kappa shape index (κ2) is 10.4. The number of aliphatic carboxylic acids is 1. The van der Waals surface area contributed by atoms with Crippen molar-refractivity contribution in [3.63, 3.8) is 0 Å². The summed E-state index contributed by atoms with van der Waals surface area (Å²) in [5.41, 5.74) is 5.55. The van der Waals surface area contributed by atoms with Crippen LogP contribution in [0, 0.1) is 0 Å². The molecule has 2 aromatic carbocycles. The number of hydrogen-bond acceptors (Lipinski definition) is 3. The van der Waals surface area contributed by atoms with Crippen LogP contribution in [-0.2, 0) is 24.1 Å². The van der Waals surface area contributed by atoms with Gasteiger partial charge < -0.3 is 10.0 Å². The third-order valence-electron chi connectivity index (χ3n) is 6.45. The number of hydrogen-bond donors (Lipinski definition) is 1. The van der Waals surface area contributed by atoms with Gasteiger partial charge in [0.1, 0.15) is 0 Å². The van der Waals surface area contributed by atoms with Gasteiger partial charge in [-0.15, -0.1) is 12.4 Å². The summed E-state index contributed by atoms with van der Waals surface area (Å²) in [5, 5.41) is 8.84. The Hall–Kier alpha value is -2.57. The first-order valence-electron chi connectivity index (χ1n) is 11.2. The lowest BCUT2D eigenvalue weighted by atomic mass is 10.0. The van der Waals surface area contributed by atoms with Crippen molar-refractivity contribution in [2.45, 2.75) is 45.6 Å². The molecule has 0 bridgehead atoms. The van der Waals surface area contributed by atoms with Crippen LogP contribution in [0.5, 0.6) is 0 Å². The normalized spacial score (nSPS) is 16.7. The van der Waals surface area contributed by atoms with Gasteiger partial charge in [0.2, 0.25) is 0 Å². The van der Waals surface area contributed by atoms with Crippen LogP contribution in [0.2, 0.25) is 0 Å². The Bertz CT molecular complexity index is 961. The summed E-state index contributed by atoms with van der Waals surface area (Å²) in [6, 6.07) is 14.7. The van der Waals surface area contributed by atoms with Gasteiger partial charge in [0.25, 0.3) is 0 Å². The molecule has 7 heteroatoms. The molecular formula is C25H32ClN3O3. The molecule has 1 saturated heterocycles. The molecule has 0 radical (unpaired) electrons. The van der Waals surface area contributed by atoms with E-state index in [9.17, 15) is 9.59 Å². The van der Waals surface area contributed by atoms with Crippen LogP contribution in [-0.4, -0.2) is 54.2 Å². The van der Waals surface area contributed by atoms with E-state index in [1.165, 1.54) is 11.1 Å². The third-order valence-corrected chi connectivity index (χ3v) is 6.45. The number of amides is 2. The van der Waals surface area contributed by atoms with Crippen LogP contribution in [0.4, 0.5) is 16.2 Å². The number of carbonyl (C=O) groups excluding carboxylic acids is 1. The number of carboxylic acids is 1. The van der Waals surface area contributed by atoms with Crippen LogP contribution in [0.15, 0.2) is 42.5 Å². The largest absolute Gasteiger partial charge is 0.481 e. The highest BCUT2D eigenvalue weighted by Gasteiger charge is 2.31. The maximum absolute atomic E-state index is 13.1. The minimum Gasteiger partial charge on any atom is -0.481 e. The van der Waals surface area contributed by atoms with Crippen molar-refractivity contribution in [2.75, 3.05) is 36.0 Å². The zero-order chi connectivity index (χ0) is 22.0. The molecule has 0 aromatic heterocycles. The molecule has 0 aliphatic carbocycles. The van der Waals surface area contributed by atoms with E-state index in [1.807, 2.05) is 29.2 Å². The van der Waals surface area contributed by atoms with Gasteiger partial charge in [0.15, 0.2) is 0 Å². The lowest BCUT2D eigenvalue weighted by molar-refractivity contribution is -0.136. The maximum Gasteiger partial charge on any atom is 0.329 e. The second-order valence-electron chi connectivity index (χ2n) is 8.73. The summed E-state index contributed by atoms with van der Waals surface area (Å²) in [7, 11) is 0. The van der Waals surface area contributed by atoms with Gasteiger partial charge in [-0.3, -0.25) is 14.6 Å². The molecule has 6 nitrogen and oxygen atoms in total. The molecule has 0 saturated carbocycles. The molecule has 1 N–H and O–H groups in total. The monoisotopic (exact) mass is 457 g/mol. The number of nitrogens with zero attached hydrogens (tertiary/aromatic N) is 3. The predicted molar refractivity (Wildman–Crippen MR) is 130 cm³/mol. The van der Waals surface area contributed by atoms with Crippen molar-refractivity contribution in [3.05, 3.63) is 59.2 Å². The highest BCUT2D eigenvalue weighted by Crippen LogP contribution is 2.28. The Morgan fingerprint density at radius 1 is 0.906 bits per heavy atom. The molecule has 0 unspecified atom stereocenters. The molecule has 4 rings (SSSR count). The molecular weight excluding hydrogens is 426 g/mol. The fraction of sp³-hybridized carbons (Fsp3) is 0.440. The van der Waals surface area contributed by atoms with Crippen LogP contribution < -0.4 is 9.80 Å². The first kappa shape index (κ1) is 24.1. The van der Waals surface area contributed by atoms with E-state index < -0.39 is 5.97 Å². The lowest BCUT2D eigenvalue weighted by Gasteiger charge is -2.23. The predicted octanol–water partition coefficient (Wildman–Crippen LogP) is 4.38. The highest BCUT2D eigenvalue weighted by atomic mass is 35.5. The Morgan fingerprint density at radius 3 is 2.12 bits per heavy atom. The van der Waals surface area contributed by atoms with Gasteiger partial charge in [0.05, 0.1) is 0 Å². The van der Waals surface area contributed by atoms with Gasteiger partial charge in [-0.05, 0) is 74.1 Å². The summed E-state index contributed by atoms with van der Waals surface area (Å²) in [6.45, 7) is 7.95. The van der Waals surface area contributed by atoms with Crippen molar-refractivity contribution >= 4 is 35.8 Å². The summed E-state index contributed by atoms with van der Waals surface area (Å²) < 4.78 is 0. The van der Waals surface area contributed by atoms with Gasteiger partial charge in [-0.1, -0.05) is 18.2 Å². The number of fused-ring (bicyclic) bond motifs is 1. The minimum atomic E-state index is -0.799. The SMILES string of the molecule is CC(C)N1CCc2ccc(N3CCN(c4ccc(CCC(=O)O)cc4)C3=O)cc2CC1.Cl. The molecule has 2 aliphatic rings. The van der Waals surface area contributed by atoms with Crippen molar-refractivity contribution < 1.29 is 14.7 Å². The number of benzene rings is 2. The summed E-state index contributed by atoms with van der Waals surface area (Å²) in [4.78, 5) is 30.1. The van der Waals surface area contributed by atoms with Crippen molar-refractivity contribution in [3.8, 4) is 0 Å². The van der Waals surface area contributed by atoms with Gasteiger partial charge in [-0.2, -0.15) is 0 Å². The van der Waals surface area contributed by atoms with Crippen molar-refractivity contribution in [2.24, 2.45) is 0 Å². The molecule has 2 heterocycles. The van der Waals surface area contributed by atoms with E-state index in [4.69, 9.17) is 5.11 Å². The number of rotatable bonds is 6. The minimum absolute atomic E-state index is 0. The summed E-state index contributed by atoms with van der Waals surface area (Å²) >= 11 is 0. The fourth-order valence-corrected chi connectivity index (χ4v) is 4.52. The molecule has 2 aromatic rings. The topological polar surface area (TPSA) is 64.1 Å². The molecule has 0 spiro atoms. The Labute approximate surface area is 196 Å². The van der Waals surface area contributed by atoms with E-state index in [2.05, 4.69) is 36.9 Å². The van der Waals surface area contributed by atoms with E-state index in [-0.39, 0.29) is 24.9 Å². The summed E-state index contributed by atoms with van der Waals surface area (Å²) in [5.74, 6) is -0.799. The molecule has 0 atom stereocenters. The molecule has 1 fully saturated rings. The Morgan fingerprint density at radius 2 is 1.50 bits per heavy atom. The number of aryl methyl sites for hydroxylation is 1. The molecule has 32 heavy (non-hydrogen) atoms. The van der Waals surface area contributed by atoms with Crippen molar-refractivity contribution in [1.82, 2.24) is 4.90 Å². The van der Waals surface area contributed by atoms with E-state index in [0.29, 0.717) is 25.6 Å². The lowest BCUT2D eigenvalue weighted by Crippen LogP contribution is -2.33. The van der Waals surface area contributed by atoms with Gasteiger partial charge >= 0.3 is 12.0 Å². The molecule has 172 valence electrons. The number of anilines is 2. The van der Waals surface area contributed by atoms with Crippen LogP contribution in [0.1, 0.15) is 37.0 Å². The van der Waals surface area contributed by atoms with Crippen LogP contribution >= 0.6 is 12.4 Å². The van der Waals surface area contributed by atoms with Gasteiger partial charge in [-0.25, -0.2) is 4.79 Å². The maximum atomic E-state index is 13.1. The zero-order valence-corrected chi connectivity index (χ0v) is 19.6. The fourth-order valence-electron chi connectivity index (χ4n) is 4.52. The third kappa shape index (κ3) is 5.25. The zero-order valence-electron chi connectivity index (χ0n) is 18.8. The number of carboxylic acid groups (broad SMARTS) is 1. The first-order valence-corrected chi connectivity index (χ1v) is 11.2. The average molecular weight is 458 g/mol. The molecule has 2 amide bonds. The molecule has 2 aliphatic heterocycles. The van der Waals surface area contributed by atoms with Crippen molar-refractivity contribution in [1.29, 1.82) is 0 Å². The highest BCUT2D eigenvalue weighted by molar-refractivity contribution is 6.06. The number of halogens is 1. The summed E-state index contributed by atoms with van der Waals surface area (Å²) in [6.07, 6.45) is 2.69. The van der Waals surface area contributed by atoms with E-state index >= 15 is 0 Å². The van der Waals surface area contributed by atoms with Crippen LogP contribution in [0.25, 0.3) is 0 Å².